The van der Waals surface area contributed by atoms with E-state index in [1.165, 1.54) is 17.2 Å². The standard InChI is InChI=1S/C15H16FNS/c1-9-4-5-10(2)14(6-9)18-15-7-11(3)12(16)8-13(15)17/h4-8H,17H2,1-3H3. The first-order chi connectivity index (χ1) is 8.47. The number of aryl methyl sites for hydroxylation is 3. The van der Waals surface area contributed by atoms with E-state index < -0.39 is 0 Å². The highest BCUT2D eigenvalue weighted by atomic mass is 32.2. The van der Waals surface area contributed by atoms with Crippen LogP contribution in [-0.2, 0) is 0 Å². The lowest BCUT2D eigenvalue weighted by atomic mass is 10.2. The van der Waals surface area contributed by atoms with Crippen molar-refractivity contribution >= 4 is 17.4 Å². The Labute approximate surface area is 111 Å². The minimum atomic E-state index is -0.252. The van der Waals surface area contributed by atoms with Gasteiger partial charge < -0.3 is 5.73 Å². The van der Waals surface area contributed by atoms with Gasteiger partial charge in [0.15, 0.2) is 0 Å². The van der Waals surface area contributed by atoms with Crippen LogP contribution < -0.4 is 5.73 Å². The number of anilines is 1. The molecule has 18 heavy (non-hydrogen) atoms. The molecule has 94 valence electrons. The van der Waals surface area contributed by atoms with E-state index >= 15 is 0 Å². The van der Waals surface area contributed by atoms with Crippen LogP contribution in [0.25, 0.3) is 0 Å². The van der Waals surface area contributed by atoms with Crippen LogP contribution in [0.4, 0.5) is 10.1 Å². The van der Waals surface area contributed by atoms with Gasteiger partial charge in [-0.2, -0.15) is 0 Å². The van der Waals surface area contributed by atoms with Crippen molar-refractivity contribution in [3.8, 4) is 0 Å². The van der Waals surface area contributed by atoms with Gasteiger partial charge in [-0.3, -0.25) is 0 Å². The summed E-state index contributed by atoms with van der Waals surface area (Å²) in [4.78, 5) is 2.07. The Hall–Kier alpha value is -1.48. The molecule has 2 aromatic carbocycles. The van der Waals surface area contributed by atoms with E-state index in [1.54, 1.807) is 24.8 Å². The highest BCUT2D eigenvalue weighted by Gasteiger charge is 2.08. The monoisotopic (exact) mass is 261 g/mol. The van der Waals surface area contributed by atoms with Crippen LogP contribution in [0.1, 0.15) is 16.7 Å². The van der Waals surface area contributed by atoms with E-state index in [1.807, 2.05) is 0 Å². The molecule has 1 nitrogen and oxygen atoms in total. The highest BCUT2D eigenvalue weighted by molar-refractivity contribution is 7.99. The first-order valence-corrected chi connectivity index (χ1v) is 6.60. The first kappa shape index (κ1) is 13.0. The molecular weight excluding hydrogens is 245 g/mol. The van der Waals surface area contributed by atoms with Crippen molar-refractivity contribution < 1.29 is 4.39 Å². The van der Waals surface area contributed by atoms with Crippen LogP contribution >= 0.6 is 11.8 Å². The van der Waals surface area contributed by atoms with Gasteiger partial charge in [-0.1, -0.05) is 23.9 Å². The van der Waals surface area contributed by atoms with Crippen LogP contribution in [0.2, 0.25) is 0 Å². The first-order valence-electron chi connectivity index (χ1n) is 5.78. The number of nitrogens with two attached hydrogens (primary N) is 1. The third-order valence-corrected chi connectivity index (χ3v) is 4.09. The lowest BCUT2D eigenvalue weighted by molar-refractivity contribution is 0.618. The minimum Gasteiger partial charge on any atom is -0.398 e. The number of hydrogen-bond acceptors (Lipinski definition) is 2. The van der Waals surface area contributed by atoms with Gasteiger partial charge in [0.2, 0.25) is 0 Å². The number of benzene rings is 2. The summed E-state index contributed by atoms with van der Waals surface area (Å²) in [6.07, 6.45) is 0. The molecule has 0 bridgehead atoms. The van der Waals surface area contributed by atoms with Crippen molar-refractivity contribution in [3.05, 3.63) is 52.8 Å². The lowest BCUT2D eigenvalue weighted by Crippen LogP contribution is -1.93. The quantitative estimate of drug-likeness (QED) is 0.806. The fraction of sp³-hybridized carbons (Fsp3) is 0.200. The normalized spacial score (nSPS) is 10.7. The minimum absolute atomic E-state index is 0.252. The summed E-state index contributed by atoms with van der Waals surface area (Å²) in [5.74, 6) is -0.252. The molecule has 2 aromatic rings. The van der Waals surface area contributed by atoms with Crippen LogP contribution in [0, 0.1) is 26.6 Å². The summed E-state index contributed by atoms with van der Waals surface area (Å²) >= 11 is 1.59. The van der Waals surface area contributed by atoms with Gasteiger partial charge in [0.05, 0.1) is 0 Å². The van der Waals surface area contributed by atoms with E-state index in [0.29, 0.717) is 11.3 Å². The average Bonchev–Trinajstić information content (AvgIpc) is 2.30. The molecule has 0 radical (unpaired) electrons. The zero-order valence-electron chi connectivity index (χ0n) is 10.8. The largest absolute Gasteiger partial charge is 0.398 e. The average molecular weight is 261 g/mol. The van der Waals surface area contributed by atoms with Gasteiger partial charge in [0, 0.05) is 15.5 Å². The summed E-state index contributed by atoms with van der Waals surface area (Å²) in [5, 5.41) is 0. The molecule has 0 atom stereocenters. The van der Waals surface area contributed by atoms with E-state index in [0.717, 1.165) is 9.79 Å². The maximum absolute atomic E-state index is 13.4. The van der Waals surface area contributed by atoms with Gasteiger partial charge in [-0.05, 0) is 55.7 Å². The van der Waals surface area contributed by atoms with E-state index in [-0.39, 0.29) is 5.82 Å². The van der Waals surface area contributed by atoms with Crippen molar-refractivity contribution in [2.45, 2.75) is 30.6 Å². The second-order valence-electron chi connectivity index (χ2n) is 4.51. The van der Waals surface area contributed by atoms with Gasteiger partial charge in [-0.25, -0.2) is 4.39 Å². The highest BCUT2D eigenvalue weighted by Crippen LogP contribution is 2.35. The fourth-order valence-corrected chi connectivity index (χ4v) is 2.82. The summed E-state index contributed by atoms with van der Waals surface area (Å²) in [7, 11) is 0. The third-order valence-electron chi connectivity index (χ3n) is 2.85. The van der Waals surface area contributed by atoms with Crippen molar-refractivity contribution in [2.75, 3.05) is 5.73 Å². The Morgan fingerprint density at radius 3 is 2.39 bits per heavy atom. The molecule has 0 aliphatic carbocycles. The van der Waals surface area contributed by atoms with Crippen LogP contribution in [0.3, 0.4) is 0 Å². The molecule has 0 amide bonds. The van der Waals surface area contributed by atoms with E-state index in [4.69, 9.17) is 5.73 Å². The predicted octanol–water partition coefficient (Wildman–Crippen LogP) is 4.48. The summed E-state index contributed by atoms with van der Waals surface area (Å²) in [5.41, 5.74) is 9.39. The second-order valence-corrected chi connectivity index (χ2v) is 5.59. The topological polar surface area (TPSA) is 26.0 Å². The van der Waals surface area contributed by atoms with Gasteiger partial charge >= 0.3 is 0 Å². The Balaban J connectivity index is 2.40. The summed E-state index contributed by atoms with van der Waals surface area (Å²) < 4.78 is 13.4. The third kappa shape index (κ3) is 2.67. The molecule has 3 heteroatoms. The molecule has 0 spiro atoms. The van der Waals surface area contributed by atoms with Crippen LogP contribution in [0.15, 0.2) is 40.1 Å². The Morgan fingerprint density at radius 2 is 1.67 bits per heavy atom. The molecule has 0 unspecified atom stereocenters. The zero-order chi connectivity index (χ0) is 13.3. The maximum atomic E-state index is 13.4. The number of halogens is 1. The number of nitrogen functional groups attached to an aromatic ring is 1. The summed E-state index contributed by atoms with van der Waals surface area (Å²) in [6, 6.07) is 9.49. The SMILES string of the molecule is Cc1ccc(C)c(Sc2cc(C)c(F)cc2N)c1. The zero-order valence-corrected chi connectivity index (χ0v) is 11.6. The lowest BCUT2D eigenvalue weighted by Gasteiger charge is -2.10. The molecule has 2 rings (SSSR count). The molecule has 0 saturated carbocycles. The molecule has 0 saturated heterocycles. The van der Waals surface area contributed by atoms with Crippen molar-refractivity contribution in [3.63, 3.8) is 0 Å². The Bertz CT molecular complexity index is 593. The van der Waals surface area contributed by atoms with Crippen molar-refractivity contribution in [1.29, 1.82) is 0 Å². The molecule has 0 heterocycles. The molecule has 0 fully saturated rings. The second kappa shape index (κ2) is 5.02. The molecule has 0 aliphatic rings. The Kier molecular flexibility index (Phi) is 3.62. The molecule has 0 aliphatic heterocycles. The maximum Gasteiger partial charge on any atom is 0.128 e. The van der Waals surface area contributed by atoms with Crippen molar-refractivity contribution in [2.24, 2.45) is 0 Å². The number of rotatable bonds is 2. The smallest absolute Gasteiger partial charge is 0.128 e. The van der Waals surface area contributed by atoms with E-state index in [9.17, 15) is 4.39 Å². The molecule has 2 N–H and O–H groups in total. The van der Waals surface area contributed by atoms with Gasteiger partial charge in [-0.15, -0.1) is 0 Å². The van der Waals surface area contributed by atoms with Crippen LogP contribution in [0.5, 0.6) is 0 Å². The molecule has 0 aromatic heterocycles. The number of hydrogen-bond donors (Lipinski definition) is 1. The van der Waals surface area contributed by atoms with E-state index in [2.05, 4.69) is 32.0 Å². The Morgan fingerprint density at radius 1 is 0.944 bits per heavy atom. The fourth-order valence-electron chi connectivity index (χ4n) is 1.69. The van der Waals surface area contributed by atoms with Crippen molar-refractivity contribution in [1.82, 2.24) is 0 Å². The van der Waals surface area contributed by atoms with Gasteiger partial charge in [0.25, 0.3) is 0 Å². The van der Waals surface area contributed by atoms with Gasteiger partial charge in [0.1, 0.15) is 5.82 Å². The summed E-state index contributed by atoms with van der Waals surface area (Å²) in [6.45, 7) is 5.87. The van der Waals surface area contributed by atoms with Crippen LogP contribution in [-0.4, -0.2) is 0 Å². The predicted molar refractivity (Wildman–Crippen MR) is 75.6 cm³/mol. The molecular formula is C15H16FNS.